The number of hydrogen-bond acceptors (Lipinski definition) is 4. The maximum absolute atomic E-state index is 13.4. The third-order valence-electron chi connectivity index (χ3n) is 2.92. The Morgan fingerprint density at radius 3 is 2.90 bits per heavy atom. The van der Waals surface area contributed by atoms with E-state index in [0.29, 0.717) is 27.3 Å². The number of anilines is 3. The number of hydrogen-bond donors (Lipinski definition) is 2. The summed E-state index contributed by atoms with van der Waals surface area (Å²) in [5.74, 6) is -0.307. The minimum absolute atomic E-state index is 0.307. The summed E-state index contributed by atoms with van der Waals surface area (Å²) in [7, 11) is 0. The highest BCUT2D eigenvalue weighted by molar-refractivity contribution is 9.10. The molecule has 3 N–H and O–H groups in total. The molecule has 0 fully saturated rings. The van der Waals surface area contributed by atoms with Gasteiger partial charge in [0.2, 0.25) is 0 Å². The van der Waals surface area contributed by atoms with Gasteiger partial charge in [-0.15, -0.1) is 0 Å². The van der Waals surface area contributed by atoms with E-state index in [1.807, 2.05) is 0 Å². The Labute approximate surface area is 122 Å². The van der Waals surface area contributed by atoms with E-state index in [2.05, 4.69) is 26.2 Å². The van der Waals surface area contributed by atoms with Crippen LogP contribution in [0.2, 0.25) is 0 Å². The Morgan fingerprint density at radius 2 is 2.10 bits per heavy atom. The van der Waals surface area contributed by atoms with Crippen molar-refractivity contribution in [3.63, 3.8) is 0 Å². The molecule has 3 aromatic rings. The van der Waals surface area contributed by atoms with Crippen molar-refractivity contribution in [1.82, 2.24) is 4.98 Å². The molecular formula is C14H11BrFN3O. The number of nitrogens with zero attached hydrogens (tertiary/aromatic N) is 1. The van der Waals surface area contributed by atoms with Crippen LogP contribution in [0.5, 0.6) is 0 Å². The van der Waals surface area contributed by atoms with Crippen molar-refractivity contribution < 1.29 is 8.81 Å². The number of fused-ring (bicyclic) bond motifs is 1. The van der Waals surface area contributed by atoms with Crippen molar-refractivity contribution in [2.24, 2.45) is 0 Å². The number of halogens is 2. The normalized spacial score (nSPS) is 10.9. The second-order valence-electron chi connectivity index (χ2n) is 4.45. The Bertz CT molecular complexity index is 800. The average Bonchev–Trinajstić information content (AvgIpc) is 2.77. The lowest BCUT2D eigenvalue weighted by Gasteiger charge is -2.07. The van der Waals surface area contributed by atoms with E-state index >= 15 is 0 Å². The summed E-state index contributed by atoms with van der Waals surface area (Å²) in [4.78, 5) is 4.30. The van der Waals surface area contributed by atoms with Crippen molar-refractivity contribution in [2.45, 2.75) is 6.92 Å². The summed E-state index contributed by atoms with van der Waals surface area (Å²) in [6.07, 6.45) is 0. The number of nitrogens with two attached hydrogens (primary N) is 1. The van der Waals surface area contributed by atoms with Gasteiger partial charge < -0.3 is 15.5 Å². The van der Waals surface area contributed by atoms with Gasteiger partial charge in [0, 0.05) is 11.4 Å². The first-order chi connectivity index (χ1) is 9.52. The van der Waals surface area contributed by atoms with Crippen LogP contribution in [0.4, 0.5) is 21.8 Å². The molecule has 0 unspecified atom stereocenters. The van der Waals surface area contributed by atoms with E-state index in [-0.39, 0.29) is 5.82 Å². The maximum Gasteiger partial charge on any atom is 0.300 e. The van der Waals surface area contributed by atoms with Crippen molar-refractivity contribution in [3.05, 3.63) is 46.2 Å². The second kappa shape index (κ2) is 4.79. The monoisotopic (exact) mass is 335 g/mol. The lowest BCUT2D eigenvalue weighted by Crippen LogP contribution is -1.94. The molecule has 4 nitrogen and oxygen atoms in total. The Hall–Kier alpha value is -2.08. The Balaban J connectivity index is 1.99. The number of benzene rings is 2. The number of rotatable bonds is 2. The summed E-state index contributed by atoms with van der Waals surface area (Å²) < 4.78 is 19.3. The van der Waals surface area contributed by atoms with E-state index in [9.17, 15) is 4.39 Å². The molecule has 0 amide bonds. The molecule has 3 rings (SSSR count). The molecule has 0 radical (unpaired) electrons. The van der Waals surface area contributed by atoms with Gasteiger partial charge >= 0.3 is 0 Å². The summed E-state index contributed by atoms with van der Waals surface area (Å²) in [6, 6.07) is 8.67. The van der Waals surface area contributed by atoms with Gasteiger partial charge in [0.25, 0.3) is 6.01 Å². The molecule has 0 saturated heterocycles. The van der Waals surface area contributed by atoms with E-state index in [1.54, 1.807) is 31.2 Å². The van der Waals surface area contributed by atoms with Crippen LogP contribution in [0.1, 0.15) is 5.56 Å². The van der Waals surface area contributed by atoms with Crippen LogP contribution in [0, 0.1) is 12.7 Å². The SMILES string of the molecule is Cc1cc(F)c(Br)cc1Nc1nc2cc(N)ccc2o1. The molecule has 1 aromatic heterocycles. The van der Waals surface area contributed by atoms with Gasteiger partial charge in [-0.25, -0.2) is 4.39 Å². The molecule has 0 aliphatic rings. The zero-order valence-electron chi connectivity index (χ0n) is 10.6. The molecule has 0 bridgehead atoms. The third kappa shape index (κ3) is 2.34. The first-order valence-corrected chi connectivity index (χ1v) is 6.71. The fourth-order valence-corrected chi connectivity index (χ4v) is 2.24. The fraction of sp³-hybridized carbons (Fsp3) is 0.0714. The molecule has 0 saturated carbocycles. The third-order valence-corrected chi connectivity index (χ3v) is 3.53. The van der Waals surface area contributed by atoms with Crippen LogP contribution >= 0.6 is 15.9 Å². The molecule has 1 heterocycles. The topological polar surface area (TPSA) is 64.1 Å². The van der Waals surface area contributed by atoms with Crippen LogP contribution in [-0.4, -0.2) is 4.98 Å². The molecule has 0 aliphatic carbocycles. The van der Waals surface area contributed by atoms with Gasteiger partial charge in [-0.2, -0.15) is 4.98 Å². The zero-order chi connectivity index (χ0) is 14.3. The summed E-state index contributed by atoms with van der Waals surface area (Å²) in [6.45, 7) is 1.80. The molecule has 0 spiro atoms. The smallest absolute Gasteiger partial charge is 0.300 e. The predicted molar refractivity (Wildman–Crippen MR) is 80.5 cm³/mol. The van der Waals surface area contributed by atoms with Crippen LogP contribution in [0.15, 0.2) is 39.2 Å². The van der Waals surface area contributed by atoms with Crippen LogP contribution in [0.25, 0.3) is 11.1 Å². The minimum Gasteiger partial charge on any atom is -0.423 e. The molecule has 0 atom stereocenters. The minimum atomic E-state index is -0.307. The van der Waals surface area contributed by atoms with Crippen molar-refractivity contribution in [3.8, 4) is 0 Å². The highest BCUT2D eigenvalue weighted by atomic mass is 79.9. The molecule has 6 heteroatoms. The number of aromatic nitrogens is 1. The predicted octanol–water partition coefficient (Wildman–Crippen LogP) is 4.36. The average molecular weight is 336 g/mol. The molecule has 2 aromatic carbocycles. The zero-order valence-corrected chi connectivity index (χ0v) is 12.2. The number of nitrogens with one attached hydrogen (secondary N) is 1. The Kier molecular flexibility index (Phi) is 3.10. The van der Waals surface area contributed by atoms with Crippen LogP contribution in [0.3, 0.4) is 0 Å². The van der Waals surface area contributed by atoms with Gasteiger partial charge in [0.15, 0.2) is 5.58 Å². The van der Waals surface area contributed by atoms with Crippen molar-refractivity contribution in [2.75, 3.05) is 11.1 Å². The van der Waals surface area contributed by atoms with Gasteiger partial charge in [0.1, 0.15) is 11.3 Å². The number of nitrogen functional groups attached to an aromatic ring is 1. The summed E-state index contributed by atoms with van der Waals surface area (Å²) in [5, 5.41) is 3.03. The lowest BCUT2D eigenvalue weighted by atomic mass is 10.2. The molecule has 0 aliphatic heterocycles. The fourth-order valence-electron chi connectivity index (χ4n) is 1.89. The molecule has 102 valence electrons. The molecule has 20 heavy (non-hydrogen) atoms. The van der Waals surface area contributed by atoms with Gasteiger partial charge in [-0.3, -0.25) is 0 Å². The largest absolute Gasteiger partial charge is 0.423 e. The van der Waals surface area contributed by atoms with E-state index in [4.69, 9.17) is 10.2 Å². The summed E-state index contributed by atoms with van der Waals surface area (Å²) in [5.41, 5.74) is 9.11. The van der Waals surface area contributed by atoms with E-state index in [1.165, 1.54) is 6.07 Å². The highest BCUT2D eigenvalue weighted by Gasteiger charge is 2.10. The van der Waals surface area contributed by atoms with Crippen molar-refractivity contribution in [1.29, 1.82) is 0 Å². The van der Waals surface area contributed by atoms with Crippen LogP contribution in [-0.2, 0) is 0 Å². The first-order valence-electron chi connectivity index (χ1n) is 5.91. The van der Waals surface area contributed by atoms with E-state index < -0.39 is 0 Å². The maximum atomic E-state index is 13.4. The van der Waals surface area contributed by atoms with Gasteiger partial charge in [-0.05, 0) is 58.7 Å². The Morgan fingerprint density at radius 1 is 1.30 bits per heavy atom. The van der Waals surface area contributed by atoms with E-state index in [0.717, 1.165) is 11.3 Å². The van der Waals surface area contributed by atoms with Gasteiger partial charge in [-0.1, -0.05) is 0 Å². The van der Waals surface area contributed by atoms with Gasteiger partial charge in [0.05, 0.1) is 4.47 Å². The lowest BCUT2D eigenvalue weighted by molar-refractivity contribution is 0.617. The molecular weight excluding hydrogens is 325 g/mol. The standard InChI is InChI=1S/C14H11BrFN3O/c1-7-4-10(16)9(15)6-11(7)18-14-19-12-5-8(17)2-3-13(12)20-14/h2-6H,17H2,1H3,(H,18,19). The number of oxazole rings is 1. The quantitative estimate of drug-likeness (QED) is 0.683. The summed E-state index contributed by atoms with van der Waals surface area (Å²) >= 11 is 3.16. The van der Waals surface area contributed by atoms with Crippen LogP contribution < -0.4 is 11.1 Å². The second-order valence-corrected chi connectivity index (χ2v) is 5.31. The highest BCUT2D eigenvalue weighted by Crippen LogP contribution is 2.28. The van der Waals surface area contributed by atoms with Crippen molar-refractivity contribution >= 4 is 44.4 Å². The number of aryl methyl sites for hydroxylation is 1. The first kappa shape index (κ1) is 12.9.